The number of piperazine rings is 1. The molecule has 1 fully saturated rings. The Morgan fingerprint density at radius 1 is 0.946 bits per heavy atom. The first kappa shape index (κ1) is 27.1. The Morgan fingerprint density at radius 3 is 2.03 bits per heavy atom. The third-order valence-corrected chi connectivity index (χ3v) is 10.1. The van der Waals surface area contributed by atoms with Gasteiger partial charge in [-0.1, -0.05) is 96.8 Å². The summed E-state index contributed by atoms with van der Waals surface area (Å²) in [6, 6.07) is 29.0. The molecule has 0 atom stereocenters. The molecular formula is C28H29N3O3S3. The van der Waals surface area contributed by atoms with Crippen molar-refractivity contribution < 1.29 is 13.2 Å². The van der Waals surface area contributed by atoms with Crippen molar-refractivity contribution in [2.45, 2.75) is 16.7 Å². The molecule has 0 N–H and O–H groups in total. The molecular weight excluding hydrogens is 523 g/mol. The van der Waals surface area contributed by atoms with E-state index in [-0.39, 0.29) is 4.90 Å². The van der Waals surface area contributed by atoms with E-state index in [0.717, 1.165) is 15.4 Å². The van der Waals surface area contributed by atoms with Crippen LogP contribution >= 0.6 is 24.0 Å². The van der Waals surface area contributed by atoms with Crippen molar-refractivity contribution in [2.75, 3.05) is 39.0 Å². The number of rotatable bonds is 8. The van der Waals surface area contributed by atoms with Gasteiger partial charge >= 0.3 is 0 Å². The molecule has 0 amide bonds. The maximum Gasteiger partial charge on any atom is 0.246 e. The van der Waals surface area contributed by atoms with Gasteiger partial charge in [-0.25, -0.2) is 8.42 Å². The maximum atomic E-state index is 13.2. The zero-order valence-electron chi connectivity index (χ0n) is 20.6. The van der Waals surface area contributed by atoms with Crippen molar-refractivity contribution in [2.24, 2.45) is 0 Å². The maximum absolute atomic E-state index is 13.2. The van der Waals surface area contributed by atoms with Gasteiger partial charge in [0.1, 0.15) is 20.4 Å². The minimum Gasteiger partial charge on any atom is -0.495 e. The first-order chi connectivity index (χ1) is 17.9. The smallest absolute Gasteiger partial charge is 0.246 e. The third kappa shape index (κ3) is 5.83. The SMILES string of the molecule is COc1ccccc1S(=O)(=O)N1CCN(C(=S)SCCC(C#N)(c2ccccc2)c2ccccc2)CC1. The molecule has 0 radical (unpaired) electrons. The Kier molecular flexibility index (Phi) is 8.87. The third-order valence-electron chi connectivity index (χ3n) is 6.61. The lowest BCUT2D eigenvalue weighted by Gasteiger charge is -2.35. The van der Waals surface area contributed by atoms with Gasteiger partial charge in [0.2, 0.25) is 10.0 Å². The average molecular weight is 552 g/mol. The van der Waals surface area contributed by atoms with Gasteiger partial charge in [-0.05, 0) is 29.7 Å². The summed E-state index contributed by atoms with van der Waals surface area (Å²) in [4.78, 5) is 2.23. The summed E-state index contributed by atoms with van der Waals surface area (Å²) in [6.45, 7) is 1.72. The van der Waals surface area contributed by atoms with Crippen LogP contribution in [0.4, 0.5) is 0 Å². The van der Waals surface area contributed by atoms with E-state index >= 15 is 0 Å². The molecule has 9 heteroatoms. The summed E-state index contributed by atoms with van der Waals surface area (Å²) in [5.41, 5.74) is 1.16. The molecule has 1 aliphatic heterocycles. The van der Waals surface area contributed by atoms with Crippen molar-refractivity contribution in [1.29, 1.82) is 5.26 Å². The van der Waals surface area contributed by atoms with Gasteiger partial charge in [0.15, 0.2) is 0 Å². The predicted molar refractivity (Wildman–Crippen MR) is 152 cm³/mol. The monoisotopic (exact) mass is 551 g/mol. The molecule has 0 aliphatic carbocycles. The van der Waals surface area contributed by atoms with Gasteiger partial charge in [0.25, 0.3) is 0 Å². The van der Waals surface area contributed by atoms with Crippen LogP contribution in [0.5, 0.6) is 5.75 Å². The van der Waals surface area contributed by atoms with Gasteiger partial charge in [-0.15, -0.1) is 0 Å². The number of hydrogen-bond donors (Lipinski definition) is 0. The lowest BCUT2D eigenvalue weighted by Crippen LogP contribution is -2.49. The Balaban J connectivity index is 1.39. The minimum absolute atomic E-state index is 0.178. The quantitative estimate of drug-likeness (QED) is 0.368. The number of thiocarbonyl (C=S) groups is 1. The number of hydrogen-bond acceptors (Lipinski definition) is 6. The van der Waals surface area contributed by atoms with Crippen LogP contribution in [-0.4, -0.2) is 61.0 Å². The van der Waals surface area contributed by atoms with E-state index < -0.39 is 15.4 Å². The lowest BCUT2D eigenvalue weighted by molar-refractivity contribution is 0.271. The molecule has 0 unspecified atom stereocenters. The molecule has 1 aliphatic rings. The molecule has 4 rings (SSSR count). The van der Waals surface area contributed by atoms with Crippen molar-refractivity contribution in [3.05, 3.63) is 96.1 Å². The topological polar surface area (TPSA) is 73.6 Å². The van der Waals surface area contributed by atoms with E-state index in [1.54, 1.807) is 36.0 Å². The van der Waals surface area contributed by atoms with Gasteiger partial charge in [0.05, 0.1) is 13.2 Å². The number of benzene rings is 3. The van der Waals surface area contributed by atoms with Gasteiger partial charge < -0.3 is 9.64 Å². The summed E-state index contributed by atoms with van der Waals surface area (Å²) in [5.74, 6) is 1.00. The van der Waals surface area contributed by atoms with Crippen molar-refractivity contribution >= 4 is 38.3 Å². The van der Waals surface area contributed by atoms with Crippen LogP contribution in [0.3, 0.4) is 0 Å². The number of methoxy groups -OCH3 is 1. The van der Waals surface area contributed by atoms with Crippen LogP contribution in [0.1, 0.15) is 17.5 Å². The first-order valence-electron chi connectivity index (χ1n) is 12.0. The second-order valence-electron chi connectivity index (χ2n) is 8.66. The van der Waals surface area contributed by atoms with Crippen LogP contribution in [-0.2, 0) is 15.4 Å². The summed E-state index contributed by atoms with van der Waals surface area (Å²) in [5, 5.41) is 10.4. The van der Waals surface area contributed by atoms with Gasteiger partial charge in [-0.2, -0.15) is 9.57 Å². The Labute approximate surface area is 228 Å². The van der Waals surface area contributed by atoms with Crippen LogP contribution in [0, 0.1) is 11.3 Å². The highest BCUT2D eigenvalue weighted by Crippen LogP contribution is 2.36. The van der Waals surface area contributed by atoms with Crippen molar-refractivity contribution in [3.63, 3.8) is 0 Å². The van der Waals surface area contributed by atoms with Crippen molar-refractivity contribution in [3.8, 4) is 11.8 Å². The Bertz CT molecular complexity index is 1310. The number of para-hydroxylation sites is 1. The van der Waals surface area contributed by atoms with Crippen LogP contribution in [0.25, 0.3) is 0 Å². The summed E-state index contributed by atoms with van der Waals surface area (Å²) in [6.07, 6.45) is 0.602. The van der Waals surface area contributed by atoms with E-state index in [9.17, 15) is 13.7 Å². The number of nitriles is 1. The predicted octanol–water partition coefficient (Wildman–Crippen LogP) is 4.92. The second kappa shape index (κ2) is 12.1. The van der Waals surface area contributed by atoms with E-state index in [1.807, 2.05) is 65.6 Å². The molecule has 1 heterocycles. The highest BCUT2D eigenvalue weighted by Gasteiger charge is 2.35. The van der Waals surface area contributed by atoms with Gasteiger partial charge in [-0.3, -0.25) is 0 Å². The molecule has 3 aromatic carbocycles. The lowest BCUT2D eigenvalue weighted by atomic mass is 9.74. The van der Waals surface area contributed by atoms with Gasteiger partial charge in [0, 0.05) is 31.9 Å². The largest absolute Gasteiger partial charge is 0.495 e. The summed E-state index contributed by atoms with van der Waals surface area (Å²) < 4.78 is 33.8. The molecule has 0 aromatic heterocycles. The normalized spacial score (nSPS) is 14.6. The average Bonchev–Trinajstić information content (AvgIpc) is 2.96. The Hall–Kier alpha value is -2.90. The molecule has 37 heavy (non-hydrogen) atoms. The van der Waals surface area contributed by atoms with Crippen LogP contribution < -0.4 is 4.74 Å². The zero-order valence-corrected chi connectivity index (χ0v) is 23.1. The number of ether oxygens (including phenoxy) is 1. The van der Waals surface area contributed by atoms with E-state index in [4.69, 9.17) is 17.0 Å². The van der Waals surface area contributed by atoms with Crippen LogP contribution in [0.15, 0.2) is 89.8 Å². The fourth-order valence-electron chi connectivity index (χ4n) is 4.55. The van der Waals surface area contributed by atoms with E-state index in [2.05, 4.69) is 6.07 Å². The summed E-state index contributed by atoms with van der Waals surface area (Å²) in [7, 11) is -2.19. The zero-order chi connectivity index (χ0) is 26.3. The number of nitrogens with zero attached hydrogens (tertiary/aromatic N) is 3. The second-order valence-corrected chi connectivity index (χ2v) is 12.3. The van der Waals surface area contributed by atoms with Crippen LogP contribution in [0.2, 0.25) is 0 Å². The van der Waals surface area contributed by atoms with Crippen molar-refractivity contribution in [1.82, 2.24) is 9.21 Å². The first-order valence-corrected chi connectivity index (χ1v) is 14.8. The van der Waals surface area contributed by atoms with E-state index in [0.29, 0.717) is 44.1 Å². The highest BCUT2D eigenvalue weighted by atomic mass is 32.2. The Morgan fingerprint density at radius 2 is 1.49 bits per heavy atom. The fourth-order valence-corrected chi connectivity index (χ4v) is 7.51. The molecule has 0 bridgehead atoms. The molecule has 192 valence electrons. The number of sulfonamides is 1. The molecule has 3 aromatic rings. The minimum atomic E-state index is -3.66. The summed E-state index contributed by atoms with van der Waals surface area (Å²) >= 11 is 7.26. The van der Waals surface area contributed by atoms with E-state index in [1.165, 1.54) is 11.4 Å². The highest BCUT2D eigenvalue weighted by molar-refractivity contribution is 8.22. The molecule has 1 saturated heterocycles. The molecule has 0 saturated carbocycles. The molecule has 6 nitrogen and oxygen atoms in total. The molecule has 0 spiro atoms. The number of thioether (sulfide) groups is 1. The standard InChI is InChI=1S/C28H29N3O3S3/c1-34-25-14-8-9-15-26(25)37(32,33)31-19-17-30(18-20-31)27(35)36-21-16-28(22-29,23-10-4-2-5-11-23)24-12-6-3-7-13-24/h2-15H,16-21H2,1H3. The fraction of sp³-hybridized carbons (Fsp3) is 0.286.